The summed E-state index contributed by atoms with van der Waals surface area (Å²) in [7, 11) is 1.67. The molecule has 1 aliphatic heterocycles. The first kappa shape index (κ1) is 16.0. The lowest BCUT2D eigenvalue weighted by Crippen LogP contribution is -2.35. The third-order valence-corrected chi connectivity index (χ3v) is 4.30. The highest BCUT2D eigenvalue weighted by atomic mass is 16.2. The predicted octanol–water partition coefficient (Wildman–Crippen LogP) is 2.46. The summed E-state index contributed by atoms with van der Waals surface area (Å²) in [5.41, 5.74) is 4.06. The second-order valence-electron chi connectivity index (χ2n) is 5.85. The van der Waals surface area contributed by atoms with Gasteiger partial charge in [0.2, 0.25) is 5.91 Å². The van der Waals surface area contributed by atoms with Crippen molar-refractivity contribution >= 4 is 23.2 Å². The van der Waals surface area contributed by atoms with Crippen LogP contribution < -0.4 is 9.80 Å². The topological polar surface area (TPSA) is 69.3 Å². The molecule has 0 unspecified atom stereocenters. The summed E-state index contributed by atoms with van der Waals surface area (Å²) < 4.78 is 0. The van der Waals surface area contributed by atoms with Gasteiger partial charge in [0.25, 0.3) is 5.91 Å². The van der Waals surface area contributed by atoms with Gasteiger partial charge in [0, 0.05) is 24.8 Å². The average Bonchev–Trinajstić information content (AvgIpc) is 3.01. The molecule has 0 spiro atoms. The van der Waals surface area contributed by atoms with Gasteiger partial charge in [-0.05, 0) is 50.1 Å². The van der Waals surface area contributed by atoms with Crippen molar-refractivity contribution in [1.29, 1.82) is 0 Å². The van der Waals surface area contributed by atoms with Crippen molar-refractivity contribution in [2.75, 3.05) is 23.4 Å². The molecule has 24 heavy (non-hydrogen) atoms. The van der Waals surface area contributed by atoms with Gasteiger partial charge in [-0.15, -0.1) is 0 Å². The summed E-state index contributed by atoms with van der Waals surface area (Å²) in [5, 5.41) is 7.24. The van der Waals surface area contributed by atoms with Gasteiger partial charge in [-0.25, -0.2) is 0 Å². The van der Waals surface area contributed by atoms with Crippen LogP contribution in [-0.4, -0.2) is 35.6 Å². The molecule has 0 atom stereocenters. The quantitative estimate of drug-likeness (QED) is 0.882. The summed E-state index contributed by atoms with van der Waals surface area (Å²) in [6, 6.07) is 7.02. The summed E-state index contributed by atoms with van der Waals surface area (Å²) in [5.74, 6) is -0.242. The number of benzene rings is 1. The lowest BCUT2D eigenvalue weighted by Gasteiger charge is -2.27. The molecule has 6 heteroatoms. The van der Waals surface area contributed by atoms with E-state index in [1.165, 1.54) is 11.0 Å². The van der Waals surface area contributed by atoms with Crippen LogP contribution in [0, 0.1) is 6.92 Å². The minimum Gasteiger partial charge on any atom is -0.312 e. The van der Waals surface area contributed by atoms with E-state index in [0.29, 0.717) is 12.1 Å². The first-order valence-corrected chi connectivity index (χ1v) is 7.89. The van der Waals surface area contributed by atoms with Crippen molar-refractivity contribution in [1.82, 2.24) is 10.2 Å². The maximum atomic E-state index is 12.9. The van der Waals surface area contributed by atoms with Crippen molar-refractivity contribution in [2.45, 2.75) is 19.8 Å². The fraction of sp³-hybridized carbons (Fsp3) is 0.278. The largest absolute Gasteiger partial charge is 0.312 e. The van der Waals surface area contributed by atoms with E-state index in [0.717, 1.165) is 35.6 Å². The number of rotatable bonds is 3. The van der Waals surface area contributed by atoms with Crippen LogP contribution in [0.1, 0.15) is 28.2 Å². The molecule has 0 fully saturated rings. The van der Waals surface area contributed by atoms with Crippen LogP contribution in [-0.2, 0) is 11.2 Å². The van der Waals surface area contributed by atoms with E-state index in [1.807, 2.05) is 6.92 Å². The number of nitrogens with one attached hydrogen (secondary N) is 1. The zero-order valence-electron chi connectivity index (χ0n) is 13.9. The average molecular weight is 324 g/mol. The van der Waals surface area contributed by atoms with Gasteiger partial charge in [0.05, 0.1) is 17.1 Å². The molecule has 1 aromatic heterocycles. The van der Waals surface area contributed by atoms with E-state index < -0.39 is 0 Å². The van der Waals surface area contributed by atoms with Gasteiger partial charge >= 0.3 is 0 Å². The number of hydrogen-bond donors (Lipinski definition) is 1. The van der Waals surface area contributed by atoms with Crippen molar-refractivity contribution < 1.29 is 9.59 Å². The highest BCUT2D eigenvalue weighted by molar-refractivity contribution is 6.07. The molecule has 0 saturated carbocycles. The fourth-order valence-electron chi connectivity index (χ4n) is 2.97. The molecular formula is C18H20N4O2. The van der Waals surface area contributed by atoms with Gasteiger partial charge in [0.15, 0.2) is 0 Å². The Hall–Kier alpha value is -2.89. The highest BCUT2D eigenvalue weighted by Crippen LogP contribution is 2.30. The molecule has 2 heterocycles. The molecule has 2 aromatic rings. The van der Waals surface area contributed by atoms with Crippen molar-refractivity contribution in [3.63, 3.8) is 0 Å². The Morgan fingerprint density at radius 3 is 2.71 bits per heavy atom. The number of likely N-dealkylation sites (N-methyl/N-ethyl adjacent to an activating group) is 1. The number of aromatic amines is 1. The van der Waals surface area contributed by atoms with Crippen LogP contribution in [0.2, 0.25) is 0 Å². The van der Waals surface area contributed by atoms with Crippen LogP contribution >= 0.6 is 0 Å². The summed E-state index contributed by atoms with van der Waals surface area (Å²) in [6.07, 6.45) is 3.05. The second kappa shape index (κ2) is 6.31. The maximum absolute atomic E-state index is 12.9. The van der Waals surface area contributed by atoms with Crippen LogP contribution in [0.5, 0.6) is 0 Å². The van der Waals surface area contributed by atoms with E-state index in [1.54, 1.807) is 36.2 Å². The van der Waals surface area contributed by atoms with E-state index in [-0.39, 0.29) is 11.8 Å². The summed E-state index contributed by atoms with van der Waals surface area (Å²) in [6.45, 7) is 6.09. The normalized spacial score (nSPS) is 13.3. The van der Waals surface area contributed by atoms with E-state index in [9.17, 15) is 9.59 Å². The minimum absolute atomic E-state index is 0.0512. The Labute approximate surface area is 140 Å². The number of hydrogen-bond acceptors (Lipinski definition) is 3. The molecule has 0 radical (unpaired) electrons. The maximum Gasteiger partial charge on any atom is 0.258 e. The Kier molecular flexibility index (Phi) is 4.20. The number of fused-ring (bicyclic) bond motifs is 1. The number of carbonyl (C=O) groups is 2. The molecule has 0 aliphatic carbocycles. The monoisotopic (exact) mass is 324 g/mol. The number of nitrogens with zero attached hydrogens (tertiary/aromatic N) is 3. The van der Waals surface area contributed by atoms with Crippen LogP contribution in [0.3, 0.4) is 0 Å². The second-order valence-corrected chi connectivity index (χ2v) is 5.85. The van der Waals surface area contributed by atoms with Crippen molar-refractivity contribution in [2.24, 2.45) is 0 Å². The van der Waals surface area contributed by atoms with Gasteiger partial charge < -0.3 is 9.80 Å². The van der Waals surface area contributed by atoms with Gasteiger partial charge in [-0.1, -0.05) is 6.58 Å². The highest BCUT2D eigenvalue weighted by Gasteiger charge is 2.27. The Morgan fingerprint density at radius 2 is 2.04 bits per heavy atom. The molecule has 3 rings (SSSR count). The van der Waals surface area contributed by atoms with E-state index in [4.69, 9.17) is 0 Å². The lowest BCUT2D eigenvalue weighted by molar-refractivity contribution is -0.113. The molecule has 6 nitrogen and oxygen atoms in total. The number of anilines is 2. The van der Waals surface area contributed by atoms with Crippen molar-refractivity contribution in [3.8, 4) is 0 Å². The third kappa shape index (κ3) is 2.71. The van der Waals surface area contributed by atoms with E-state index in [2.05, 4.69) is 16.8 Å². The molecule has 1 N–H and O–H groups in total. The Morgan fingerprint density at radius 1 is 1.33 bits per heavy atom. The van der Waals surface area contributed by atoms with Gasteiger partial charge in [-0.2, -0.15) is 5.10 Å². The molecule has 2 amide bonds. The Balaban J connectivity index is 1.85. The first-order valence-electron chi connectivity index (χ1n) is 7.89. The molecular weight excluding hydrogens is 304 g/mol. The van der Waals surface area contributed by atoms with Crippen molar-refractivity contribution in [3.05, 3.63) is 53.9 Å². The molecule has 1 aliphatic rings. The smallest absolute Gasteiger partial charge is 0.258 e. The molecule has 0 saturated heterocycles. The van der Waals surface area contributed by atoms with Crippen LogP contribution in [0.4, 0.5) is 11.4 Å². The zero-order valence-corrected chi connectivity index (χ0v) is 13.9. The zero-order chi connectivity index (χ0) is 17.3. The minimum atomic E-state index is -0.191. The third-order valence-electron chi connectivity index (χ3n) is 4.30. The number of aryl methyl sites for hydroxylation is 2. The lowest BCUT2D eigenvalue weighted by atomic mass is 10.1. The standard InChI is InChI=1S/C18H20N4O2/c1-4-16(23)21(3)14-9-7-13(8-10-14)18(24)22-11-5-6-15-17(22)12(2)19-20-15/h4,7-10H,1,5-6,11H2,2-3H3,(H,19,20). The fourth-order valence-corrected chi connectivity index (χ4v) is 2.97. The summed E-state index contributed by atoms with van der Waals surface area (Å²) in [4.78, 5) is 27.8. The molecule has 124 valence electrons. The van der Waals surface area contributed by atoms with E-state index >= 15 is 0 Å². The summed E-state index contributed by atoms with van der Waals surface area (Å²) >= 11 is 0. The van der Waals surface area contributed by atoms with Gasteiger partial charge in [0.1, 0.15) is 0 Å². The number of carbonyl (C=O) groups excluding carboxylic acids is 2. The number of aromatic nitrogens is 2. The van der Waals surface area contributed by atoms with Crippen LogP contribution in [0.15, 0.2) is 36.9 Å². The first-order chi connectivity index (χ1) is 11.5. The van der Waals surface area contributed by atoms with Gasteiger partial charge in [-0.3, -0.25) is 14.7 Å². The number of amides is 2. The molecule has 0 bridgehead atoms. The predicted molar refractivity (Wildman–Crippen MR) is 93.4 cm³/mol. The van der Waals surface area contributed by atoms with Crippen LogP contribution in [0.25, 0.3) is 0 Å². The molecule has 1 aromatic carbocycles. The Bertz CT molecular complexity index is 792. The number of H-pyrrole nitrogens is 1. The SMILES string of the molecule is C=CC(=O)N(C)c1ccc(C(=O)N2CCCc3n[nH]c(C)c32)cc1.